The van der Waals surface area contributed by atoms with Gasteiger partial charge in [-0.1, -0.05) is 34.1 Å². The van der Waals surface area contributed by atoms with Gasteiger partial charge in [-0.05, 0) is 53.4 Å². The molecular weight excluding hydrogens is 450 g/mol. The van der Waals surface area contributed by atoms with Crippen molar-refractivity contribution in [2.75, 3.05) is 4.72 Å². The van der Waals surface area contributed by atoms with Crippen molar-refractivity contribution in [3.8, 4) is 0 Å². The van der Waals surface area contributed by atoms with Gasteiger partial charge in [0.05, 0.1) is 6.21 Å². The summed E-state index contributed by atoms with van der Waals surface area (Å²) >= 11 is 4.49. The second-order valence-corrected chi connectivity index (χ2v) is 9.14. The van der Waals surface area contributed by atoms with Crippen molar-refractivity contribution in [1.29, 1.82) is 0 Å². The predicted molar refractivity (Wildman–Crippen MR) is 111 cm³/mol. The molecule has 3 aromatic rings. The minimum atomic E-state index is -3.61. The number of nitrogens with one attached hydrogen (secondary N) is 2. The largest absolute Gasteiger partial charge is 0.279 e. The van der Waals surface area contributed by atoms with E-state index in [-0.39, 0.29) is 4.21 Å². The molecule has 1 aromatic heterocycles. The summed E-state index contributed by atoms with van der Waals surface area (Å²) in [5, 5.41) is 5.61. The van der Waals surface area contributed by atoms with Gasteiger partial charge in [-0.3, -0.25) is 9.52 Å². The van der Waals surface area contributed by atoms with E-state index < -0.39 is 15.9 Å². The Morgan fingerprint density at radius 1 is 1.07 bits per heavy atom. The number of benzene rings is 2. The fourth-order valence-corrected chi connectivity index (χ4v) is 4.60. The van der Waals surface area contributed by atoms with E-state index in [1.807, 2.05) is 24.3 Å². The molecule has 1 heterocycles. The minimum absolute atomic E-state index is 0.228. The molecule has 0 atom stereocenters. The zero-order valence-corrected chi connectivity index (χ0v) is 17.0. The van der Waals surface area contributed by atoms with Gasteiger partial charge in [-0.25, -0.2) is 13.8 Å². The lowest BCUT2D eigenvalue weighted by atomic mass is 10.2. The number of rotatable bonds is 6. The minimum Gasteiger partial charge on any atom is -0.279 e. The smallest absolute Gasteiger partial charge is 0.271 e. The Labute approximate surface area is 169 Å². The van der Waals surface area contributed by atoms with Crippen LogP contribution < -0.4 is 10.1 Å². The van der Waals surface area contributed by atoms with E-state index in [2.05, 4.69) is 31.2 Å². The second kappa shape index (κ2) is 8.47. The fourth-order valence-electron chi connectivity index (χ4n) is 2.13. The van der Waals surface area contributed by atoms with Gasteiger partial charge in [0.2, 0.25) is 0 Å². The molecule has 6 nitrogen and oxygen atoms in total. The number of hydrogen-bond acceptors (Lipinski definition) is 5. The first-order chi connectivity index (χ1) is 12.9. The van der Waals surface area contributed by atoms with Crippen LogP contribution in [0.5, 0.6) is 0 Å². The Hall–Kier alpha value is -2.49. The maximum atomic E-state index is 12.2. The van der Waals surface area contributed by atoms with Gasteiger partial charge >= 0.3 is 0 Å². The SMILES string of the molecule is O=C(NN=Cc1cccc(Br)c1)c1ccc(NS(=O)(=O)c2cccs2)cc1. The van der Waals surface area contributed by atoms with Crippen LogP contribution in [0, 0.1) is 0 Å². The third kappa shape index (κ3) is 5.25. The molecule has 0 saturated heterocycles. The summed E-state index contributed by atoms with van der Waals surface area (Å²) in [5.74, 6) is -0.395. The molecule has 2 N–H and O–H groups in total. The topological polar surface area (TPSA) is 87.6 Å². The van der Waals surface area contributed by atoms with Crippen LogP contribution in [0.4, 0.5) is 5.69 Å². The van der Waals surface area contributed by atoms with E-state index in [0.717, 1.165) is 21.4 Å². The molecule has 2 aromatic carbocycles. The number of anilines is 1. The van der Waals surface area contributed by atoms with Crippen molar-refractivity contribution >= 4 is 55.1 Å². The number of carbonyl (C=O) groups excluding carboxylic acids is 1. The predicted octanol–water partition coefficient (Wildman–Crippen LogP) is 4.08. The zero-order chi connectivity index (χ0) is 19.3. The van der Waals surface area contributed by atoms with Gasteiger partial charge in [0.15, 0.2) is 0 Å². The van der Waals surface area contributed by atoms with E-state index in [9.17, 15) is 13.2 Å². The molecule has 9 heteroatoms. The number of nitrogens with zero attached hydrogens (tertiary/aromatic N) is 1. The fraction of sp³-hybridized carbons (Fsp3) is 0. The van der Waals surface area contributed by atoms with Crippen molar-refractivity contribution in [1.82, 2.24) is 5.43 Å². The van der Waals surface area contributed by atoms with Crippen LogP contribution in [0.3, 0.4) is 0 Å². The molecule has 0 radical (unpaired) electrons. The molecule has 0 saturated carbocycles. The lowest BCUT2D eigenvalue weighted by Crippen LogP contribution is -2.17. The first-order valence-electron chi connectivity index (χ1n) is 7.69. The van der Waals surface area contributed by atoms with Crippen molar-refractivity contribution in [2.24, 2.45) is 5.10 Å². The molecule has 27 heavy (non-hydrogen) atoms. The van der Waals surface area contributed by atoms with Crippen LogP contribution in [0.15, 0.2) is 79.8 Å². The molecule has 0 bridgehead atoms. The van der Waals surface area contributed by atoms with Crippen LogP contribution in [0.25, 0.3) is 0 Å². The van der Waals surface area contributed by atoms with Gasteiger partial charge in [0.25, 0.3) is 15.9 Å². The van der Waals surface area contributed by atoms with Gasteiger partial charge in [-0.2, -0.15) is 5.10 Å². The number of halogens is 1. The standard InChI is InChI=1S/C18H14BrN3O3S2/c19-15-4-1-3-13(11-15)12-20-21-18(23)14-6-8-16(9-7-14)22-27(24,25)17-5-2-10-26-17/h1-12,22H,(H,21,23). The van der Waals surface area contributed by atoms with Crippen LogP contribution in [-0.4, -0.2) is 20.5 Å². The molecule has 0 spiro atoms. The third-order valence-electron chi connectivity index (χ3n) is 3.39. The Morgan fingerprint density at radius 2 is 1.85 bits per heavy atom. The van der Waals surface area contributed by atoms with E-state index in [4.69, 9.17) is 0 Å². The molecule has 1 amide bonds. The van der Waals surface area contributed by atoms with Crippen molar-refractivity contribution in [3.05, 3.63) is 81.6 Å². The maximum absolute atomic E-state index is 12.2. The van der Waals surface area contributed by atoms with Crippen molar-refractivity contribution in [2.45, 2.75) is 4.21 Å². The quantitative estimate of drug-likeness (QED) is 0.426. The summed E-state index contributed by atoms with van der Waals surface area (Å²) < 4.78 is 28.0. The number of amides is 1. The first-order valence-corrected chi connectivity index (χ1v) is 10.8. The summed E-state index contributed by atoms with van der Waals surface area (Å²) in [7, 11) is -3.61. The number of thiophene rings is 1. The van der Waals surface area contributed by atoms with E-state index in [1.54, 1.807) is 11.4 Å². The lowest BCUT2D eigenvalue weighted by molar-refractivity contribution is 0.0955. The Balaban J connectivity index is 1.62. The third-order valence-corrected chi connectivity index (χ3v) is 6.66. The number of carbonyl (C=O) groups is 1. The number of hydrazone groups is 1. The average Bonchev–Trinajstić information content (AvgIpc) is 3.18. The van der Waals surface area contributed by atoms with Crippen LogP contribution in [0.2, 0.25) is 0 Å². The van der Waals surface area contributed by atoms with Crippen molar-refractivity contribution < 1.29 is 13.2 Å². The van der Waals surface area contributed by atoms with E-state index in [1.165, 1.54) is 36.5 Å². The van der Waals surface area contributed by atoms with Gasteiger partial charge in [0, 0.05) is 15.7 Å². The molecule has 0 aliphatic heterocycles. The summed E-state index contributed by atoms with van der Waals surface area (Å²) in [5.41, 5.74) is 4.01. The van der Waals surface area contributed by atoms with E-state index in [0.29, 0.717) is 11.3 Å². The summed E-state index contributed by atoms with van der Waals surface area (Å²) in [4.78, 5) is 12.1. The first kappa shape index (κ1) is 19.3. The number of hydrogen-bond donors (Lipinski definition) is 2. The summed E-state index contributed by atoms with van der Waals surface area (Å²) in [6.07, 6.45) is 1.53. The Morgan fingerprint density at radius 3 is 2.52 bits per heavy atom. The monoisotopic (exact) mass is 463 g/mol. The van der Waals surface area contributed by atoms with Crippen LogP contribution >= 0.6 is 27.3 Å². The Kier molecular flexibility index (Phi) is 6.04. The van der Waals surface area contributed by atoms with E-state index >= 15 is 0 Å². The maximum Gasteiger partial charge on any atom is 0.271 e. The molecule has 0 fully saturated rings. The normalized spacial score (nSPS) is 11.4. The summed E-state index contributed by atoms with van der Waals surface area (Å²) in [6.45, 7) is 0. The molecular formula is C18H14BrN3O3S2. The second-order valence-electron chi connectivity index (χ2n) is 5.37. The highest BCUT2D eigenvalue weighted by Gasteiger charge is 2.15. The number of sulfonamides is 1. The molecule has 3 rings (SSSR count). The average molecular weight is 464 g/mol. The van der Waals surface area contributed by atoms with Gasteiger partial charge in [0.1, 0.15) is 4.21 Å². The molecule has 0 unspecified atom stereocenters. The molecule has 0 aliphatic carbocycles. The zero-order valence-electron chi connectivity index (χ0n) is 13.8. The molecule has 138 valence electrons. The highest BCUT2D eigenvalue weighted by Crippen LogP contribution is 2.20. The van der Waals surface area contributed by atoms with Gasteiger partial charge < -0.3 is 0 Å². The van der Waals surface area contributed by atoms with Crippen LogP contribution in [-0.2, 0) is 10.0 Å². The van der Waals surface area contributed by atoms with Crippen molar-refractivity contribution in [3.63, 3.8) is 0 Å². The van der Waals surface area contributed by atoms with Gasteiger partial charge in [-0.15, -0.1) is 11.3 Å². The highest BCUT2D eigenvalue weighted by atomic mass is 79.9. The molecule has 0 aliphatic rings. The lowest BCUT2D eigenvalue weighted by Gasteiger charge is -2.07. The summed E-state index contributed by atoms with van der Waals surface area (Å²) in [6, 6.07) is 16.8. The Bertz CT molecular complexity index is 1060. The van der Waals surface area contributed by atoms with Crippen LogP contribution in [0.1, 0.15) is 15.9 Å². The highest BCUT2D eigenvalue weighted by molar-refractivity contribution is 9.10.